The van der Waals surface area contributed by atoms with E-state index in [0.29, 0.717) is 17.6 Å². The van der Waals surface area contributed by atoms with Crippen LogP contribution >= 0.6 is 0 Å². The van der Waals surface area contributed by atoms with Crippen LogP contribution in [0.1, 0.15) is 0 Å². The van der Waals surface area contributed by atoms with Crippen LogP contribution in [0.4, 0.5) is 17.6 Å². The molecule has 0 spiro atoms. The molecule has 0 aliphatic rings. The summed E-state index contributed by atoms with van der Waals surface area (Å²) in [7, 11) is -3.75. The molecule has 26 heavy (non-hydrogen) atoms. The molecule has 132 valence electrons. The van der Waals surface area contributed by atoms with Crippen LogP contribution in [0.15, 0.2) is 53.4 Å². The molecule has 0 radical (unpaired) electrons. The van der Waals surface area contributed by atoms with Crippen LogP contribution in [-0.2, 0) is 10.0 Å². The molecule has 0 saturated carbocycles. The zero-order valence-electron chi connectivity index (χ0n) is 13.3. The maximum Gasteiger partial charge on any atom is 0.241 e. The topological polar surface area (TPSA) is 158 Å². The lowest BCUT2D eigenvalue weighted by Crippen LogP contribution is -2.12. The number of hydrogen-bond donors (Lipinski definition) is 4. The van der Waals surface area contributed by atoms with Crippen molar-refractivity contribution in [2.75, 3.05) is 11.1 Å². The number of fused-ring (bicyclic) bond motifs is 1. The van der Waals surface area contributed by atoms with Gasteiger partial charge in [0.15, 0.2) is 0 Å². The van der Waals surface area contributed by atoms with Crippen molar-refractivity contribution in [1.29, 1.82) is 0 Å². The summed E-state index contributed by atoms with van der Waals surface area (Å²) in [6, 6.07) is 13.5. The summed E-state index contributed by atoms with van der Waals surface area (Å²) in [4.78, 5) is 11.8. The molecule has 2 heterocycles. The molecular formula is C15H14N8O2S. The highest BCUT2D eigenvalue weighted by atomic mass is 32.2. The maximum atomic E-state index is 11.3. The third-order valence-corrected chi connectivity index (χ3v) is 4.57. The Kier molecular flexibility index (Phi) is 3.60. The Morgan fingerprint density at radius 3 is 2.46 bits per heavy atom. The van der Waals surface area contributed by atoms with E-state index in [1.165, 1.54) is 16.8 Å². The molecule has 0 fully saturated rings. The molecular weight excluding hydrogens is 356 g/mol. The van der Waals surface area contributed by atoms with E-state index in [2.05, 4.69) is 25.4 Å². The Morgan fingerprint density at radius 1 is 1.04 bits per heavy atom. The molecule has 6 N–H and O–H groups in total. The first-order valence-corrected chi connectivity index (χ1v) is 9.02. The number of primary sulfonamides is 1. The van der Waals surface area contributed by atoms with Crippen molar-refractivity contribution in [2.24, 2.45) is 5.14 Å². The number of nitrogen functional groups attached to an aromatic ring is 1. The Morgan fingerprint density at radius 2 is 1.77 bits per heavy atom. The lowest BCUT2D eigenvalue weighted by Gasteiger charge is -2.06. The minimum atomic E-state index is -3.75. The molecule has 11 heteroatoms. The van der Waals surface area contributed by atoms with Gasteiger partial charge in [0.2, 0.25) is 27.9 Å². The molecule has 0 atom stereocenters. The van der Waals surface area contributed by atoms with E-state index in [-0.39, 0.29) is 10.8 Å². The van der Waals surface area contributed by atoms with Crippen LogP contribution in [0.25, 0.3) is 17.0 Å². The molecule has 0 bridgehead atoms. The van der Waals surface area contributed by atoms with Gasteiger partial charge >= 0.3 is 0 Å². The van der Waals surface area contributed by atoms with Gasteiger partial charge in [0.05, 0.1) is 15.9 Å². The summed E-state index contributed by atoms with van der Waals surface area (Å²) >= 11 is 0. The average molecular weight is 370 g/mol. The van der Waals surface area contributed by atoms with Crippen molar-refractivity contribution >= 4 is 38.6 Å². The van der Waals surface area contributed by atoms with E-state index in [1.807, 2.05) is 24.3 Å². The molecule has 0 amide bonds. The lowest BCUT2D eigenvalue weighted by molar-refractivity contribution is 0.598. The van der Waals surface area contributed by atoms with Crippen molar-refractivity contribution in [3.8, 4) is 5.95 Å². The van der Waals surface area contributed by atoms with E-state index in [0.717, 1.165) is 11.0 Å². The number of hydrogen-bond acceptors (Lipinski definition) is 7. The summed E-state index contributed by atoms with van der Waals surface area (Å²) in [5.41, 5.74) is 7.94. The van der Waals surface area contributed by atoms with Gasteiger partial charge in [-0.15, -0.1) is 5.10 Å². The minimum Gasteiger partial charge on any atom is -0.366 e. The van der Waals surface area contributed by atoms with Gasteiger partial charge in [-0.3, -0.25) is 0 Å². The van der Waals surface area contributed by atoms with Gasteiger partial charge in [0.1, 0.15) is 0 Å². The van der Waals surface area contributed by atoms with Gasteiger partial charge < -0.3 is 16.0 Å². The van der Waals surface area contributed by atoms with Gasteiger partial charge in [-0.25, -0.2) is 18.5 Å². The monoisotopic (exact) mass is 370 g/mol. The number of rotatable bonds is 4. The predicted molar refractivity (Wildman–Crippen MR) is 96.5 cm³/mol. The highest BCUT2D eigenvalue weighted by Gasteiger charge is 2.14. The number of benzene rings is 2. The fourth-order valence-electron chi connectivity index (χ4n) is 2.45. The number of anilines is 3. The highest BCUT2D eigenvalue weighted by Crippen LogP contribution is 2.21. The van der Waals surface area contributed by atoms with Crippen LogP contribution in [0, 0.1) is 0 Å². The molecule has 10 nitrogen and oxygen atoms in total. The number of nitrogens with one attached hydrogen (secondary N) is 2. The van der Waals surface area contributed by atoms with Crippen molar-refractivity contribution in [1.82, 2.24) is 24.7 Å². The summed E-state index contributed by atoms with van der Waals surface area (Å²) in [5.74, 6) is 0.832. The maximum absolute atomic E-state index is 11.3. The average Bonchev–Trinajstić information content (AvgIpc) is 3.17. The first-order chi connectivity index (χ1) is 12.4. The summed E-state index contributed by atoms with van der Waals surface area (Å²) in [6.07, 6.45) is 0. The number of imidazole rings is 1. The normalized spacial score (nSPS) is 11.7. The molecule has 4 aromatic rings. The molecule has 0 aliphatic heterocycles. The predicted octanol–water partition coefficient (Wildman–Crippen LogP) is 1.12. The lowest BCUT2D eigenvalue weighted by atomic mass is 10.3. The van der Waals surface area contributed by atoms with Crippen LogP contribution in [-0.4, -0.2) is 33.2 Å². The SMILES string of the molecule is Nc1nc(Nc2ccc(S(N)(=O)=O)cc2)n(-c2nc3ccccc3[nH]2)n1. The smallest absolute Gasteiger partial charge is 0.241 e. The third-order valence-electron chi connectivity index (χ3n) is 3.64. The second kappa shape index (κ2) is 5.82. The van der Waals surface area contributed by atoms with Crippen molar-refractivity contribution < 1.29 is 8.42 Å². The molecule has 0 aliphatic carbocycles. The number of para-hydroxylation sites is 2. The number of sulfonamides is 1. The molecule has 0 saturated heterocycles. The summed E-state index contributed by atoms with van der Waals surface area (Å²) in [5, 5.41) is 12.3. The minimum absolute atomic E-state index is 0.0151. The Labute approximate surface area is 147 Å². The standard InChI is InChI=1S/C15H14N8O2S/c16-13-21-14(18-9-5-7-10(8-6-9)26(17,24)25)23(22-13)15-19-11-3-1-2-4-12(11)20-15/h1-8H,(H,19,20)(H2,17,24,25)(H3,16,18,21,22). The van der Waals surface area contributed by atoms with Crippen molar-refractivity contribution in [3.05, 3.63) is 48.5 Å². The fourth-order valence-corrected chi connectivity index (χ4v) is 2.97. The Hall–Kier alpha value is -3.44. The number of aromatic nitrogens is 5. The van der Waals surface area contributed by atoms with E-state index < -0.39 is 10.0 Å². The van der Waals surface area contributed by atoms with Gasteiger partial charge in [0.25, 0.3) is 0 Å². The molecule has 0 unspecified atom stereocenters. The van der Waals surface area contributed by atoms with Crippen molar-refractivity contribution in [2.45, 2.75) is 4.90 Å². The van der Waals surface area contributed by atoms with E-state index in [1.54, 1.807) is 12.1 Å². The molecule has 4 rings (SSSR count). The summed E-state index contributed by atoms with van der Waals surface area (Å²) < 4.78 is 24.1. The zero-order valence-corrected chi connectivity index (χ0v) is 14.1. The van der Waals surface area contributed by atoms with Crippen LogP contribution in [0.2, 0.25) is 0 Å². The highest BCUT2D eigenvalue weighted by molar-refractivity contribution is 7.89. The van der Waals surface area contributed by atoms with Gasteiger partial charge in [0, 0.05) is 5.69 Å². The van der Waals surface area contributed by atoms with Crippen LogP contribution < -0.4 is 16.2 Å². The first kappa shape index (κ1) is 16.1. The third kappa shape index (κ3) is 2.96. The second-order valence-electron chi connectivity index (χ2n) is 5.48. The van der Waals surface area contributed by atoms with E-state index in [4.69, 9.17) is 10.9 Å². The van der Waals surface area contributed by atoms with Gasteiger partial charge in [-0.05, 0) is 36.4 Å². The van der Waals surface area contributed by atoms with E-state index in [9.17, 15) is 8.42 Å². The van der Waals surface area contributed by atoms with Crippen LogP contribution in [0.5, 0.6) is 0 Å². The molecule has 2 aromatic carbocycles. The number of aromatic amines is 1. The molecule has 2 aromatic heterocycles. The quantitative estimate of drug-likeness (QED) is 0.419. The number of H-pyrrole nitrogens is 1. The van der Waals surface area contributed by atoms with E-state index >= 15 is 0 Å². The van der Waals surface area contributed by atoms with Crippen LogP contribution in [0.3, 0.4) is 0 Å². The first-order valence-electron chi connectivity index (χ1n) is 7.48. The largest absolute Gasteiger partial charge is 0.366 e. The van der Waals surface area contributed by atoms with Gasteiger partial charge in [-0.2, -0.15) is 9.67 Å². The Balaban J connectivity index is 1.70. The van der Waals surface area contributed by atoms with Crippen molar-refractivity contribution in [3.63, 3.8) is 0 Å². The zero-order chi connectivity index (χ0) is 18.3. The number of nitrogens with two attached hydrogens (primary N) is 2. The number of nitrogens with zero attached hydrogens (tertiary/aromatic N) is 4. The second-order valence-corrected chi connectivity index (χ2v) is 7.04. The fraction of sp³-hybridized carbons (Fsp3) is 0. The summed E-state index contributed by atoms with van der Waals surface area (Å²) in [6.45, 7) is 0. The van der Waals surface area contributed by atoms with Gasteiger partial charge in [-0.1, -0.05) is 12.1 Å². The Bertz CT molecular complexity index is 1160.